The summed E-state index contributed by atoms with van der Waals surface area (Å²) >= 11 is 0. The molecule has 4 saturated carbocycles. The fraction of sp³-hybridized carbons (Fsp3) is 0.471. The molecule has 0 amide bonds. The number of hydrogen-bond acceptors (Lipinski definition) is 8. The SMILES string of the molecule is COc1ccc(-c2ccc3cc(C(=O)O[C@@H]4O[C@H](C(=O)O)[C@@H](O)[C@H](O)[C@H]4O)ccc3c2)cc1C12CC3CC(CC(C3)C1)C2. The number of ether oxygens (including phenoxy) is 3. The largest absolute Gasteiger partial charge is 0.496 e. The van der Waals surface area contributed by atoms with Crippen LogP contribution in [0.25, 0.3) is 21.9 Å². The number of methoxy groups -OCH3 is 1. The van der Waals surface area contributed by atoms with Crippen LogP contribution < -0.4 is 4.74 Å². The number of aliphatic carboxylic acids is 1. The lowest BCUT2D eigenvalue weighted by Crippen LogP contribution is -2.60. The van der Waals surface area contributed by atoms with Gasteiger partial charge in [0, 0.05) is 5.56 Å². The van der Waals surface area contributed by atoms with Crippen LogP contribution in [0, 0.1) is 17.8 Å². The molecule has 8 rings (SSSR count). The fourth-order valence-electron chi connectivity index (χ4n) is 8.62. The highest BCUT2D eigenvalue weighted by Crippen LogP contribution is 2.62. The third kappa shape index (κ3) is 4.88. The zero-order valence-electron chi connectivity index (χ0n) is 23.9. The second-order valence-corrected chi connectivity index (χ2v) is 13.0. The van der Waals surface area contributed by atoms with E-state index in [-0.39, 0.29) is 11.0 Å². The van der Waals surface area contributed by atoms with Crippen molar-refractivity contribution in [3.8, 4) is 16.9 Å². The van der Waals surface area contributed by atoms with Crippen LogP contribution in [-0.2, 0) is 19.7 Å². The molecule has 1 saturated heterocycles. The minimum absolute atomic E-state index is 0.164. The molecule has 226 valence electrons. The smallest absolute Gasteiger partial charge is 0.340 e. The van der Waals surface area contributed by atoms with Gasteiger partial charge in [-0.15, -0.1) is 0 Å². The van der Waals surface area contributed by atoms with E-state index in [0.29, 0.717) is 0 Å². The molecule has 5 fully saturated rings. The Hall–Kier alpha value is -3.50. The van der Waals surface area contributed by atoms with Crippen LogP contribution in [0.4, 0.5) is 0 Å². The summed E-state index contributed by atoms with van der Waals surface area (Å²) in [6.07, 6.45) is -1.29. The van der Waals surface area contributed by atoms with Gasteiger partial charge in [0.1, 0.15) is 24.1 Å². The Labute approximate surface area is 249 Å². The number of carbonyl (C=O) groups is 2. The van der Waals surface area contributed by atoms with Crippen LogP contribution in [0.15, 0.2) is 54.6 Å². The number of fused-ring (bicyclic) bond motifs is 1. The molecule has 0 spiro atoms. The number of carbonyl (C=O) groups excluding carboxylic acids is 1. The number of carboxylic acids is 1. The van der Waals surface area contributed by atoms with E-state index < -0.39 is 42.6 Å². The number of hydrogen-bond donors (Lipinski definition) is 4. The predicted molar refractivity (Wildman–Crippen MR) is 156 cm³/mol. The lowest BCUT2D eigenvalue weighted by atomic mass is 9.48. The molecule has 9 nitrogen and oxygen atoms in total. The van der Waals surface area contributed by atoms with Gasteiger partial charge in [0.05, 0.1) is 12.7 Å². The van der Waals surface area contributed by atoms with Crippen molar-refractivity contribution in [1.82, 2.24) is 0 Å². The highest BCUT2D eigenvalue weighted by Gasteiger charge is 2.52. The molecule has 5 atom stereocenters. The van der Waals surface area contributed by atoms with Crippen molar-refractivity contribution in [2.75, 3.05) is 7.11 Å². The number of aliphatic hydroxyl groups is 3. The molecular formula is C34H36O9. The van der Waals surface area contributed by atoms with E-state index in [4.69, 9.17) is 14.2 Å². The molecule has 43 heavy (non-hydrogen) atoms. The van der Waals surface area contributed by atoms with Gasteiger partial charge in [-0.1, -0.05) is 24.3 Å². The minimum Gasteiger partial charge on any atom is -0.496 e. The quantitative estimate of drug-likeness (QED) is 0.314. The molecular weight excluding hydrogens is 552 g/mol. The van der Waals surface area contributed by atoms with E-state index >= 15 is 0 Å². The molecule has 0 unspecified atom stereocenters. The van der Waals surface area contributed by atoms with Crippen LogP contribution in [0.2, 0.25) is 0 Å². The summed E-state index contributed by atoms with van der Waals surface area (Å²) in [5, 5.41) is 41.0. The van der Waals surface area contributed by atoms with Crippen LogP contribution in [0.5, 0.6) is 5.75 Å². The monoisotopic (exact) mass is 588 g/mol. The summed E-state index contributed by atoms with van der Waals surface area (Å²) in [7, 11) is 1.76. The standard InChI is InChI=1S/C34H36O9/c1-41-26-7-6-23(13-25(26)34-14-17-8-18(15-34)10-19(9-17)16-34)21-2-3-22-12-24(5-4-20(22)11-21)32(40)43-33-29(37)27(35)28(36)30(42-33)31(38)39/h2-7,11-13,17-19,27-30,33,35-37H,8-10,14-16H2,1H3,(H,38,39)/t17?,18?,19?,27-,28-,29+,30-,33-,34?/m0/s1. The van der Waals surface area contributed by atoms with Gasteiger partial charge in [-0.25, -0.2) is 9.59 Å². The Bertz CT molecular complexity index is 1550. The van der Waals surface area contributed by atoms with E-state index in [1.807, 2.05) is 12.1 Å². The van der Waals surface area contributed by atoms with Gasteiger partial charge in [0.2, 0.25) is 6.29 Å². The first-order valence-electron chi connectivity index (χ1n) is 15.0. The van der Waals surface area contributed by atoms with E-state index in [1.165, 1.54) is 44.1 Å². The maximum Gasteiger partial charge on any atom is 0.340 e. The molecule has 1 heterocycles. The van der Waals surface area contributed by atoms with Gasteiger partial charge < -0.3 is 34.6 Å². The van der Waals surface area contributed by atoms with Crippen molar-refractivity contribution in [2.24, 2.45) is 17.8 Å². The van der Waals surface area contributed by atoms with Gasteiger partial charge in [0.15, 0.2) is 6.10 Å². The van der Waals surface area contributed by atoms with Gasteiger partial charge in [0.25, 0.3) is 0 Å². The van der Waals surface area contributed by atoms with Crippen molar-refractivity contribution in [2.45, 2.75) is 74.6 Å². The molecule has 4 aliphatic carbocycles. The molecule has 3 aromatic rings. The second kappa shape index (κ2) is 10.6. The molecule has 1 aliphatic heterocycles. The maximum atomic E-state index is 12.9. The Balaban J connectivity index is 1.13. The first-order valence-corrected chi connectivity index (χ1v) is 15.0. The highest BCUT2D eigenvalue weighted by atomic mass is 16.7. The summed E-state index contributed by atoms with van der Waals surface area (Å²) in [5.74, 6) is 1.03. The lowest BCUT2D eigenvalue weighted by Gasteiger charge is -2.57. The minimum atomic E-state index is -1.87. The molecule has 0 aromatic heterocycles. The number of benzene rings is 3. The zero-order chi connectivity index (χ0) is 30.0. The summed E-state index contributed by atoms with van der Waals surface area (Å²) in [6, 6.07) is 17.6. The van der Waals surface area contributed by atoms with Gasteiger partial charge >= 0.3 is 11.9 Å². The second-order valence-electron chi connectivity index (χ2n) is 13.0. The first-order chi connectivity index (χ1) is 20.6. The van der Waals surface area contributed by atoms with Crippen LogP contribution in [0.3, 0.4) is 0 Å². The van der Waals surface area contributed by atoms with Gasteiger partial charge in [-0.3, -0.25) is 0 Å². The average molecular weight is 589 g/mol. The van der Waals surface area contributed by atoms with E-state index in [9.17, 15) is 30.0 Å². The Morgan fingerprint density at radius 3 is 2.05 bits per heavy atom. The van der Waals surface area contributed by atoms with Crippen molar-refractivity contribution in [3.63, 3.8) is 0 Å². The first kappa shape index (κ1) is 28.3. The number of carboxylic acid groups (broad SMARTS) is 1. The number of rotatable bonds is 6. The Morgan fingerprint density at radius 2 is 1.40 bits per heavy atom. The van der Waals surface area contributed by atoms with Crippen LogP contribution in [-0.4, -0.2) is 70.2 Å². The van der Waals surface area contributed by atoms with Gasteiger partial charge in [-0.2, -0.15) is 0 Å². The fourth-order valence-corrected chi connectivity index (χ4v) is 8.62. The van der Waals surface area contributed by atoms with Crippen LogP contribution >= 0.6 is 0 Å². The van der Waals surface area contributed by atoms with Gasteiger partial charge in [-0.05, 0) is 114 Å². The zero-order valence-corrected chi connectivity index (χ0v) is 23.9. The summed E-state index contributed by atoms with van der Waals surface area (Å²) < 4.78 is 16.2. The van der Waals surface area contributed by atoms with Crippen molar-refractivity contribution >= 4 is 22.7 Å². The third-order valence-corrected chi connectivity index (χ3v) is 10.3. The van der Waals surface area contributed by atoms with Crippen molar-refractivity contribution < 1.29 is 44.2 Å². The Kier molecular flexibility index (Phi) is 6.97. The third-order valence-electron chi connectivity index (χ3n) is 10.3. The topological polar surface area (TPSA) is 143 Å². The van der Waals surface area contributed by atoms with Crippen LogP contribution in [0.1, 0.15) is 54.4 Å². The molecule has 4 bridgehead atoms. The lowest BCUT2D eigenvalue weighted by molar-refractivity contribution is -0.278. The van der Waals surface area contributed by atoms with E-state index in [1.54, 1.807) is 25.3 Å². The molecule has 5 aliphatic rings. The number of esters is 1. The number of aliphatic hydroxyl groups excluding tert-OH is 3. The summed E-state index contributed by atoms with van der Waals surface area (Å²) in [4.78, 5) is 24.3. The van der Waals surface area contributed by atoms with Crippen molar-refractivity contribution in [1.29, 1.82) is 0 Å². The molecule has 4 N–H and O–H groups in total. The highest BCUT2D eigenvalue weighted by molar-refractivity contribution is 5.96. The Morgan fingerprint density at radius 1 is 0.791 bits per heavy atom. The molecule has 0 radical (unpaired) electrons. The molecule has 3 aromatic carbocycles. The van der Waals surface area contributed by atoms with E-state index in [2.05, 4.69) is 24.3 Å². The summed E-state index contributed by atoms with van der Waals surface area (Å²) in [6.45, 7) is 0. The predicted octanol–water partition coefficient (Wildman–Crippen LogP) is 4.03. The normalized spacial score (nSPS) is 34.7. The maximum absolute atomic E-state index is 12.9. The average Bonchev–Trinajstić information content (AvgIpc) is 2.99. The van der Waals surface area contributed by atoms with Crippen molar-refractivity contribution in [3.05, 3.63) is 65.7 Å². The van der Waals surface area contributed by atoms with E-state index in [0.717, 1.165) is 45.4 Å². The summed E-state index contributed by atoms with van der Waals surface area (Å²) in [5.41, 5.74) is 3.87. The molecule has 9 heteroatoms.